The third-order valence-corrected chi connectivity index (χ3v) is 5.87. The molecule has 5 heteroatoms. The van der Waals surface area contributed by atoms with Crippen LogP contribution >= 0.6 is 12.2 Å². The van der Waals surface area contributed by atoms with Gasteiger partial charge in [0.15, 0.2) is 22.7 Å². The van der Waals surface area contributed by atoms with Crippen molar-refractivity contribution >= 4 is 17.3 Å². The average molecular weight is 332 g/mol. The van der Waals surface area contributed by atoms with Crippen molar-refractivity contribution in [2.45, 2.75) is 37.8 Å². The number of nitrogens with zero attached hydrogens (tertiary/aromatic N) is 1. The molecule has 4 nitrogen and oxygen atoms in total. The zero-order valence-electron chi connectivity index (χ0n) is 13.5. The molecule has 124 valence electrons. The molecule has 4 unspecified atom stereocenters. The number of hydrogen-bond donors (Lipinski definition) is 1. The summed E-state index contributed by atoms with van der Waals surface area (Å²) in [5.74, 6) is 3.41. The molecule has 3 aliphatic rings. The van der Waals surface area contributed by atoms with Crippen molar-refractivity contribution in [2.75, 3.05) is 20.2 Å². The Balaban J connectivity index is 1.30. The summed E-state index contributed by atoms with van der Waals surface area (Å²) in [7, 11) is 2.03. The monoisotopic (exact) mass is 332 g/mol. The Hall–Kier alpha value is -1.49. The van der Waals surface area contributed by atoms with E-state index in [2.05, 4.69) is 10.2 Å². The van der Waals surface area contributed by atoms with Crippen molar-refractivity contribution in [1.82, 2.24) is 10.2 Å². The summed E-state index contributed by atoms with van der Waals surface area (Å²) >= 11 is 5.59. The summed E-state index contributed by atoms with van der Waals surface area (Å²) in [5, 5.41) is 4.42. The number of para-hydroxylation sites is 2. The van der Waals surface area contributed by atoms with Gasteiger partial charge >= 0.3 is 0 Å². The molecule has 0 saturated heterocycles. The van der Waals surface area contributed by atoms with Gasteiger partial charge in [0, 0.05) is 13.1 Å². The van der Waals surface area contributed by atoms with Crippen LogP contribution in [-0.2, 0) is 0 Å². The second-order valence-corrected chi connectivity index (χ2v) is 7.50. The van der Waals surface area contributed by atoms with Crippen LogP contribution in [0.15, 0.2) is 24.3 Å². The highest BCUT2D eigenvalue weighted by atomic mass is 32.1. The summed E-state index contributed by atoms with van der Waals surface area (Å²) in [6, 6.07) is 8.40. The fourth-order valence-electron chi connectivity index (χ4n) is 4.23. The first kappa shape index (κ1) is 15.1. The summed E-state index contributed by atoms with van der Waals surface area (Å²) < 4.78 is 11.8. The van der Waals surface area contributed by atoms with Gasteiger partial charge in [-0.05, 0) is 55.4 Å². The summed E-state index contributed by atoms with van der Waals surface area (Å²) in [5.41, 5.74) is 0. The van der Waals surface area contributed by atoms with Gasteiger partial charge in [-0.3, -0.25) is 0 Å². The molecule has 1 aliphatic heterocycles. The smallest absolute Gasteiger partial charge is 0.169 e. The molecule has 23 heavy (non-hydrogen) atoms. The third-order valence-electron chi connectivity index (χ3n) is 5.44. The Labute approximate surface area is 143 Å². The zero-order chi connectivity index (χ0) is 15.8. The standard InChI is InChI=1S/C18H24N2O2S/c1-20(18(23)19-15-9-12-6-7-13(15)8-12)10-14-11-21-16-4-2-3-5-17(16)22-14/h2-5,12-15H,6-11H2,1H3,(H,19,23). The van der Waals surface area contributed by atoms with E-state index in [1.165, 1.54) is 25.7 Å². The van der Waals surface area contributed by atoms with E-state index in [1.807, 2.05) is 31.3 Å². The molecule has 2 aliphatic carbocycles. The molecular weight excluding hydrogens is 308 g/mol. The van der Waals surface area contributed by atoms with E-state index >= 15 is 0 Å². The number of fused-ring (bicyclic) bond motifs is 3. The maximum atomic E-state index is 6.02. The molecule has 1 aromatic carbocycles. The first-order chi connectivity index (χ1) is 11.2. The zero-order valence-corrected chi connectivity index (χ0v) is 14.3. The fourth-order valence-corrected chi connectivity index (χ4v) is 4.46. The minimum Gasteiger partial charge on any atom is -0.486 e. The molecule has 0 aromatic heterocycles. The minimum atomic E-state index is 0.00896. The maximum absolute atomic E-state index is 6.02. The van der Waals surface area contributed by atoms with Crippen molar-refractivity contribution in [2.24, 2.45) is 11.8 Å². The number of ether oxygens (including phenoxy) is 2. The Morgan fingerprint density at radius 1 is 1.26 bits per heavy atom. The number of hydrogen-bond acceptors (Lipinski definition) is 3. The van der Waals surface area contributed by atoms with Gasteiger partial charge < -0.3 is 19.7 Å². The number of nitrogens with one attached hydrogen (secondary N) is 1. The van der Waals surface area contributed by atoms with E-state index in [9.17, 15) is 0 Å². The van der Waals surface area contributed by atoms with Gasteiger partial charge in [0.05, 0.1) is 6.54 Å². The number of benzene rings is 1. The van der Waals surface area contributed by atoms with Crippen LogP contribution in [0.4, 0.5) is 0 Å². The lowest BCUT2D eigenvalue weighted by Crippen LogP contribution is -2.49. The van der Waals surface area contributed by atoms with Gasteiger partial charge in [-0.1, -0.05) is 18.6 Å². The molecular formula is C18H24N2O2S. The summed E-state index contributed by atoms with van der Waals surface area (Å²) in [6.07, 6.45) is 5.47. The van der Waals surface area contributed by atoms with Crippen LogP contribution in [0.3, 0.4) is 0 Å². The van der Waals surface area contributed by atoms with E-state index in [0.717, 1.165) is 35.0 Å². The van der Waals surface area contributed by atoms with Gasteiger partial charge in [0.1, 0.15) is 6.61 Å². The van der Waals surface area contributed by atoms with Crippen molar-refractivity contribution < 1.29 is 9.47 Å². The largest absolute Gasteiger partial charge is 0.486 e. The molecule has 1 aromatic rings. The van der Waals surface area contributed by atoms with Gasteiger partial charge in [0.2, 0.25) is 0 Å². The van der Waals surface area contributed by atoms with Crippen molar-refractivity contribution in [3.8, 4) is 11.5 Å². The first-order valence-corrected chi connectivity index (χ1v) is 9.00. The SMILES string of the molecule is CN(CC1COc2ccccc2O1)C(=S)NC1CC2CCC1C2. The number of thiocarbonyl (C=S) groups is 1. The van der Waals surface area contributed by atoms with E-state index in [1.54, 1.807) is 0 Å². The first-order valence-electron chi connectivity index (χ1n) is 8.59. The molecule has 2 saturated carbocycles. The van der Waals surface area contributed by atoms with Crippen LogP contribution < -0.4 is 14.8 Å². The molecule has 1 heterocycles. The predicted octanol–water partition coefficient (Wildman–Crippen LogP) is 2.82. The lowest BCUT2D eigenvalue weighted by Gasteiger charge is -2.32. The molecule has 2 bridgehead atoms. The third kappa shape index (κ3) is 3.11. The van der Waals surface area contributed by atoms with Gasteiger partial charge in [0.25, 0.3) is 0 Å². The van der Waals surface area contributed by atoms with E-state index < -0.39 is 0 Å². The normalized spacial score (nSPS) is 31.0. The van der Waals surface area contributed by atoms with E-state index in [0.29, 0.717) is 12.6 Å². The van der Waals surface area contributed by atoms with Crippen LogP contribution in [-0.4, -0.2) is 42.4 Å². The molecule has 4 atom stereocenters. The van der Waals surface area contributed by atoms with Gasteiger partial charge in [-0.15, -0.1) is 0 Å². The van der Waals surface area contributed by atoms with Crippen molar-refractivity contribution in [3.05, 3.63) is 24.3 Å². The topological polar surface area (TPSA) is 33.7 Å². The average Bonchev–Trinajstić information content (AvgIpc) is 3.17. The highest BCUT2D eigenvalue weighted by molar-refractivity contribution is 7.80. The molecule has 0 spiro atoms. The summed E-state index contributed by atoms with van der Waals surface area (Å²) in [6.45, 7) is 1.30. The van der Waals surface area contributed by atoms with Crippen molar-refractivity contribution in [3.63, 3.8) is 0 Å². The molecule has 1 N–H and O–H groups in total. The van der Waals surface area contributed by atoms with Crippen LogP contribution in [0.1, 0.15) is 25.7 Å². The Bertz CT molecular complexity index is 594. The van der Waals surface area contributed by atoms with Crippen molar-refractivity contribution in [1.29, 1.82) is 0 Å². The van der Waals surface area contributed by atoms with Crippen LogP contribution in [0, 0.1) is 11.8 Å². The minimum absolute atomic E-state index is 0.00896. The molecule has 2 fully saturated rings. The second-order valence-electron chi connectivity index (χ2n) is 7.11. The Kier molecular flexibility index (Phi) is 4.05. The molecule has 0 amide bonds. The quantitative estimate of drug-likeness (QED) is 0.861. The number of rotatable bonds is 3. The predicted molar refractivity (Wildman–Crippen MR) is 94.0 cm³/mol. The van der Waals surface area contributed by atoms with Crippen LogP contribution in [0.5, 0.6) is 11.5 Å². The summed E-state index contributed by atoms with van der Waals surface area (Å²) in [4.78, 5) is 2.09. The van der Waals surface area contributed by atoms with Gasteiger partial charge in [-0.2, -0.15) is 0 Å². The maximum Gasteiger partial charge on any atom is 0.169 e. The second kappa shape index (κ2) is 6.19. The van der Waals surface area contributed by atoms with Crippen LogP contribution in [0.25, 0.3) is 0 Å². The highest BCUT2D eigenvalue weighted by Gasteiger charge is 2.40. The van der Waals surface area contributed by atoms with Crippen LogP contribution in [0.2, 0.25) is 0 Å². The molecule has 0 radical (unpaired) electrons. The Morgan fingerprint density at radius 3 is 2.83 bits per heavy atom. The lowest BCUT2D eigenvalue weighted by atomic mass is 9.95. The fraction of sp³-hybridized carbons (Fsp3) is 0.611. The lowest BCUT2D eigenvalue weighted by molar-refractivity contribution is 0.0777. The number of likely N-dealkylation sites (N-methyl/N-ethyl adjacent to an activating group) is 1. The Morgan fingerprint density at radius 2 is 2.09 bits per heavy atom. The molecule has 4 rings (SSSR count). The van der Waals surface area contributed by atoms with E-state index in [-0.39, 0.29) is 6.10 Å². The highest BCUT2D eigenvalue weighted by Crippen LogP contribution is 2.44. The van der Waals surface area contributed by atoms with E-state index in [4.69, 9.17) is 21.7 Å². The van der Waals surface area contributed by atoms with Gasteiger partial charge in [-0.25, -0.2) is 0 Å².